The highest BCUT2D eigenvalue weighted by Crippen LogP contribution is 2.14. The van der Waals surface area contributed by atoms with Crippen molar-refractivity contribution in [2.24, 2.45) is 0 Å². The molecule has 0 aliphatic rings. The standard InChI is InChI=1S/C14H10BrN3O/c15-11-3-1-10(2-4-11)14(19)17-12-6-8-18-13(9-12)5-7-16-18/h1-9H,(H,17,19). The maximum atomic E-state index is 12.1. The molecule has 3 rings (SSSR count). The fourth-order valence-corrected chi connectivity index (χ4v) is 2.07. The quantitative estimate of drug-likeness (QED) is 0.788. The zero-order valence-corrected chi connectivity index (χ0v) is 11.5. The van der Waals surface area contributed by atoms with Gasteiger partial charge in [0, 0.05) is 28.1 Å². The number of halogens is 1. The minimum Gasteiger partial charge on any atom is -0.322 e. The van der Waals surface area contributed by atoms with Crippen molar-refractivity contribution < 1.29 is 4.79 Å². The van der Waals surface area contributed by atoms with E-state index < -0.39 is 0 Å². The van der Waals surface area contributed by atoms with Gasteiger partial charge in [-0.2, -0.15) is 5.10 Å². The van der Waals surface area contributed by atoms with Gasteiger partial charge in [-0.15, -0.1) is 0 Å². The Hall–Kier alpha value is -2.14. The molecule has 0 saturated carbocycles. The first-order valence-corrected chi connectivity index (χ1v) is 6.52. The molecule has 94 valence electrons. The Bertz CT molecular complexity index is 734. The summed E-state index contributed by atoms with van der Waals surface area (Å²) in [5, 5.41) is 6.97. The average molecular weight is 316 g/mol. The van der Waals surface area contributed by atoms with E-state index in [4.69, 9.17) is 0 Å². The van der Waals surface area contributed by atoms with Crippen molar-refractivity contribution in [2.45, 2.75) is 0 Å². The normalized spacial score (nSPS) is 10.6. The van der Waals surface area contributed by atoms with Crippen LogP contribution in [0.3, 0.4) is 0 Å². The molecule has 0 aliphatic carbocycles. The molecule has 2 heterocycles. The number of hydrogen-bond donors (Lipinski definition) is 1. The number of nitrogens with zero attached hydrogens (tertiary/aromatic N) is 2. The Morgan fingerprint density at radius 3 is 2.74 bits per heavy atom. The van der Waals surface area contributed by atoms with Gasteiger partial charge in [0.25, 0.3) is 5.91 Å². The SMILES string of the molecule is O=C(Nc1ccn2nccc2c1)c1ccc(Br)cc1. The van der Waals surface area contributed by atoms with Gasteiger partial charge >= 0.3 is 0 Å². The molecular formula is C14H10BrN3O. The summed E-state index contributed by atoms with van der Waals surface area (Å²) in [7, 11) is 0. The van der Waals surface area contributed by atoms with Gasteiger partial charge in [0.05, 0.1) is 5.52 Å². The number of rotatable bonds is 2. The maximum Gasteiger partial charge on any atom is 0.255 e. The first-order chi connectivity index (χ1) is 9.22. The number of nitrogens with one attached hydrogen (secondary N) is 1. The molecule has 1 N–H and O–H groups in total. The van der Waals surface area contributed by atoms with Gasteiger partial charge in [0.2, 0.25) is 0 Å². The number of pyridine rings is 1. The van der Waals surface area contributed by atoms with Crippen LogP contribution in [0.1, 0.15) is 10.4 Å². The lowest BCUT2D eigenvalue weighted by atomic mass is 10.2. The molecule has 0 fully saturated rings. The first-order valence-electron chi connectivity index (χ1n) is 5.73. The Labute approximate surface area is 118 Å². The van der Waals surface area contributed by atoms with Crippen LogP contribution in [0.25, 0.3) is 5.52 Å². The molecule has 0 unspecified atom stereocenters. The van der Waals surface area contributed by atoms with Crippen molar-refractivity contribution >= 4 is 33.0 Å². The van der Waals surface area contributed by atoms with Crippen molar-refractivity contribution in [3.8, 4) is 0 Å². The van der Waals surface area contributed by atoms with Gasteiger partial charge in [-0.05, 0) is 42.5 Å². The second-order valence-corrected chi connectivity index (χ2v) is 4.99. The number of amides is 1. The summed E-state index contributed by atoms with van der Waals surface area (Å²) in [6.45, 7) is 0. The fourth-order valence-electron chi connectivity index (χ4n) is 1.80. The highest BCUT2D eigenvalue weighted by Gasteiger charge is 2.06. The van der Waals surface area contributed by atoms with E-state index in [1.165, 1.54) is 0 Å². The van der Waals surface area contributed by atoms with Crippen LogP contribution in [-0.2, 0) is 0 Å². The van der Waals surface area contributed by atoms with Crippen molar-refractivity contribution in [3.05, 3.63) is 64.9 Å². The van der Waals surface area contributed by atoms with Crippen LogP contribution in [-0.4, -0.2) is 15.5 Å². The Morgan fingerprint density at radius 1 is 1.16 bits per heavy atom. The lowest BCUT2D eigenvalue weighted by molar-refractivity contribution is 0.102. The Balaban J connectivity index is 1.83. The number of carbonyl (C=O) groups excluding carboxylic acids is 1. The minimum absolute atomic E-state index is 0.128. The van der Waals surface area contributed by atoms with Crippen LogP contribution >= 0.6 is 15.9 Å². The number of benzene rings is 1. The van der Waals surface area contributed by atoms with E-state index in [1.807, 2.05) is 36.5 Å². The summed E-state index contributed by atoms with van der Waals surface area (Å²) in [6.07, 6.45) is 3.53. The maximum absolute atomic E-state index is 12.1. The minimum atomic E-state index is -0.128. The zero-order chi connectivity index (χ0) is 13.2. The molecule has 1 aromatic carbocycles. The summed E-state index contributed by atoms with van der Waals surface area (Å²) in [5.74, 6) is -0.128. The summed E-state index contributed by atoms with van der Waals surface area (Å²) in [4.78, 5) is 12.1. The predicted molar refractivity (Wildman–Crippen MR) is 77.3 cm³/mol. The van der Waals surface area contributed by atoms with Gasteiger partial charge in [-0.3, -0.25) is 4.79 Å². The van der Waals surface area contributed by atoms with E-state index in [-0.39, 0.29) is 5.91 Å². The molecule has 1 amide bonds. The van der Waals surface area contributed by atoms with Crippen LogP contribution in [0, 0.1) is 0 Å². The molecule has 4 nitrogen and oxygen atoms in total. The monoisotopic (exact) mass is 315 g/mol. The second kappa shape index (κ2) is 4.85. The van der Waals surface area contributed by atoms with E-state index in [9.17, 15) is 4.79 Å². The number of aromatic nitrogens is 2. The van der Waals surface area contributed by atoms with Crippen LogP contribution in [0.4, 0.5) is 5.69 Å². The Kier molecular flexibility index (Phi) is 3.05. The van der Waals surface area contributed by atoms with Crippen LogP contribution in [0.5, 0.6) is 0 Å². The summed E-state index contributed by atoms with van der Waals surface area (Å²) >= 11 is 3.34. The third kappa shape index (κ3) is 2.51. The van der Waals surface area contributed by atoms with Gasteiger partial charge in [-0.25, -0.2) is 4.52 Å². The molecule has 5 heteroatoms. The molecule has 0 radical (unpaired) electrons. The topological polar surface area (TPSA) is 46.4 Å². The van der Waals surface area contributed by atoms with E-state index in [2.05, 4.69) is 26.3 Å². The number of anilines is 1. The smallest absolute Gasteiger partial charge is 0.255 e. The first kappa shape index (κ1) is 11.9. The van der Waals surface area contributed by atoms with E-state index in [0.29, 0.717) is 5.56 Å². The van der Waals surface area contributed by atoms with E-state index in [1.54, 1.807) is 22.8 Å². The zero-order valence-electron chi connectivity index (χ0n) is 9.88. The summed E-state index contributed by atoms with van der Waals surface area (Å²) in [5.41, 5.74) is 2.31. The number of fused-ring (bicyclic) bond motifs is 1. The molecule has 0 saturated heterocycles. The highest BCUT2D eigenvalue weighted by molar-refractivity contribution is 9.10. The van der Waals surface area contributed by atoms with Crippen molar-refractivity contribution in [2.75, 3.05) is 5.32 Å². The van der Waals surface area contributed by atoms with E-state index in [0.717, 1.165) is 15.7 Å². The van der Waals surface area contributed by atoms with Crippen molar-refractivity contribution in [3.63, 3.8) is 0 Å². The molecule has 2 aromatic heterocycles. The summed E-state index contributed by atoms with van der Waals surface area (Å²) < 4.78 is 2.69. The molecule has 0 bridgehead atoms. The van der Waals surface area contributed by atoms with Gasteiger partial charge in [-0.1, -0.05) is 15.9 Å². The average Bonchev–Trinajstić information content (AvgIpc) is 2.87. The predicted octanol–water partition coefficient (Wildman–Crippen LogP) is 3.35. The van der Waals surface area contributed by atoms with Gasteiger partial charge in [0.15, 0.2) is 0 Å². The highest BCUT2D eigenvalue weighted by atomic mass is 79.9. The molecule has 0 spiro atoms. The molecular weight excluding hydrogens is 306 g/mol. The molecule has 0 aliphatic heterocycles. The lowest BCUT2D eigenvalue weighted by Gasteiger charge is -2.05. The fraction of sp³-hybridized carbons (Fsp3) is 0. The van der Waals surface area contributed by atoms with Crippen LogP contribution in [0.15, 0.2) is 59.3 Å². The van der Waals surface area contributed by atoms with Crippen LogP contribution < -0.4 is 5.32 Å². The lowest BCUT2D eigenvalue weighted by Crippen LogP contribution is -2.11. The Morgan fingerprint density at radius 2 is 1.95 bits per heavy atom. The molecule has 19 heavy (non-hydrogen) atoms. The van der Waals surface area contributed by atoms with Crippen molar-refractivity contribution in [1.29, 1.82) is 0 Å². The third-order valence-electron chi connectivity index (χ3n) is 2.76. The van der Waals surface area contributed by atoms with Gasteiger partial charge in [0.1, 0.15) is 0 Å². The third-order valence-corrected chi connectivity index (χ3v) is 3.29. The number of hydrogen-bond acceptors (Lipinski definition) is 2. The van der Waals surface area contributed by atoms with Crippen LogP contribution in [0.2, 0.25) is 0 Å². The largest absolute Gasteiger partial charge is 0.322 e. The number of carbonyl (C=O) groups is 1. The molecule has 0 atom stereocenters. The summed E-state index contributed by atoms with van der Waals surface area (Å²) in [6, 6.07) is 12.8. The van der Waals surface area contributed by atoms with Gasteiger partial charge < -0.3 is 5.32 Å². The van der Waals surface area contributed by atoms with Crippen molar-refractivity contribution in [1.82, 2.24) is 9.61 Å². The van der Waals surface area contributed by atoms with E-state index >= 15 is 0 Å². The second-order valence-electron chi connectivity index (χ2n) is 4.08. The molecule has 3 aromatic rings.